The van der Waals surface area contributed by atoms with Crippen LogP contribution < -0.4 is 11.1 Å². The van der Waals surface area contributed by atoms with Crippen molar-refractivity contribution in [1.29, 1.82) is 0 Å². The largest absolute Gasteiger partial charge is 0.327 e. The van der Waals surface area contributed by atoms with Gasteiger partial charge in [0.25, 0.3) is 0 Å². The number of hydrogen-bond donors (Lipinski definition) is 2. The van der Waals surface area contributed by atoms with Crippen molar-refractivity contribution in [3.05, 3.63) is 29.8 Å². The molecule has 0 spiro atoms. The summed E-state index contributed by atoms with van der Waals surface area (Å²) in [5.41, 5.74) is 8.26. The molecule has 1 amide bonds. The number of piperidine rings is 1. The van der Waals surface area contributed by atoms with Gasteiger partial charge >= 0.3 is 0 Å². The third-order valence-electron chi connectivity index (χ3n) is 5.55. The van der Waals surface area contributed by atoms with Crippen LogP contribution in [0.4, 0.5) is 5.69 Å². The average Bonchev–Trinajstić information content (AvgIpc) is 2.94. The van der Waals surface area contributed by atoms with Crippen LogP contribution in [0.1, 0.15) is 51.0 Å². The van der Waals surface area contributed by atoms with Crippen LogP contribution in [0.15, 0.2) is 24.3 Å². The highest BCUT2D eigenvalue weighted by Crippen LogP contribution is 2.27. The number of carbonyl (C=O) groups is 1. The Bertz CT molecular complexity index is 552. The van der Waals surface area contributed by atoms with Gasteiger partial charge < -0.3 is 11.1 Å². The Morgan fingerprint density at radius 3 is 2.50 bits per heavy atom. The van der Waals surface area contributed by atoms with Gasteiger partial charge in [0.15, 0.2) is 0 Å². The first-order chi connectivity index (χ1) is 11.6. The summed E-state index contributed by atoms with van der Waals surface area (Å²) in [5.74, 6) is 1.25. The maximum Gasteiger partial charge on any atom is 0.224 e. The number of anilines is 1. The second-order valence-electron chi connectivity index (χ2n) is 7.79. The van der Waals surface area contributed by atoms with Gasteiger partial charge in [-0.15, -0.1) is 24.8 Å². The van der Waals surface area contributed by atoms with Crippen LogP contribution in [0.25, 0.3) is 0 Å². The van der Waals surface area contributed by atoms with Crippen molar-refractivity contribution in [2.24, 2.45) is 17.6 Å². The zero-order valence-electron chi connectivity index (χ0n) is 15.7. The number of benzene rings is 1. The number of nitrogens with one attached hydrogen (secondary N) is 1. The van der Waals surface area contributed by atoms with Crippen molar-refractivity contribution < 1.29 is 4.79 Å². The van der Waals surface area contributed by atoms with Gasteiger partial charge in [-0.2, -0.15) is 0 Å². The molecule has 3 atom stereocenters. The molecular formula is C20H33Cl2N3O. The molecule has 0 bridgehead atoms. The van der Waals surface area contributed by atoms with Gasteiger partial charge in [-0.3, -0.25) is 9.69 Å². The van der Waals surface area contributed by atoms with Crippen LogP contribution in [-0.2, 0) is 11.3 Å². The summed E-state index contributed by atoms with van der Waals surface area (Å²) in [5, 5.41) is 3.02. The van der Waals surface area contributed by atoms with Crippen molar-refractivity contribution in [2.45, 2.75) is 58.0 Å². The second-order valence-corrected chi connectivity index (χ2v) is 7.79. The zero-order valence-corrected chi connectivity index (χ0v) is 17.3. The van der Waals surface area contributed by atoms with Gasteiger partial charge in [0, 0.05) is 31.2 Å². The Morgan fingerprint density at radius 2 is 1.88 bits per heavy atom. The molecule has 148 valence electrons. The van der Waals surface area contributed by atoms with Crippen molar-refractivity contribution >= 4 is 36.4 Å². The summed E-state index contributed by atoms with van der Waals surface area (Å²) in [4.78, 5) is 14.7. The van der Waals surface area contributed by atoms with Crippen molar-refractivity contribution in [3.8, 4) is 0 Å². The molecular weight excluding hydrogens is 369 g/mol. The molecule has 1 heterocycles. The minimum atomic E-state index is 0. The van der Waals surface area contributed by atoms with Crippen LogP contribution in [0.3, 0.4) is 0 Å². The molecule has 1 aliphatic carbocycles. The van der Waals surface area contributed by atoms with Crippen LogP contribution in [0.5, 0.6) is 0 Å². The summed E-state index contributed by atoms with van der Waals surface area (Å²) in [6.45, 7) is 5.74. The monoisotopic (exact) mass is 401 g/mol. The van der Waals surface area contributed by atoms with E-state index in [4.69, 9.17) is 5.73 Å². The SMILES string of the molecule is CC1CCCN(Cc2ccc(NC(=O)C[C@@H]3CCC[C@H]3N)cc2)C1.Cl.Cl. The molecule has 2 aliphatic rings. The summed E-state index contributed by atoms with van der Waals surface area (Å²) < 4.78 is 0. The van der Waals surface area contributed by atoms with Gasteiger partial charge in [0.2, 0.25) is 5.91 Å². The molecule has 0 aromatic heterocycles. The summed E-state index contributed by atoms with van der Waals surface area (Å²) >= 11 is 0. The number of nitrogens with two attached hydrogens (primary N) is 1. The summed E-state index contributed by atoms with van der Waals surface area (Å²) in [6.07, 6.45) is 6.51. The number of likely N-dealkylation sites (tertiary alicyclic amines) is 1. The molecule has 1 aromatic carbocycles. The van der Waals surface area contributed by atoms with E-state index in [2.05, 4.69) is 29.3 Å². The number of rotatable bonds is 5. The zero-order chi connectivity index (χ0) is 16.9. The van der Waals surface area contributed by atoms with Crippen molar-refractivity contribution in [2.75, 3.05) is 18.4 Å². The molecule has 6 heteroatoms. The van der Waals surface area contributed by atoms with Gasteiger partial charge in [0.1, 0.15) is 0 Å². The fourth-order valence-corrected chi connectivity index (χ4v) is 4.15. The maximum absolute atomic E-state index is 12.2. The van der Waals surface area contributed by atoms with Crippen LogP contribution >= 0.6 is 24.8 Å². The molecule has 1 saturated carbocycles. The van der Waals surface area contributed by atoms with E-state index in [1.165, 1.54) is 31.5 Å². The molecule has 4 nitrogen and oxygen atoms in total. The summed E-state index contributed by atoms with van der Waals surface area (Å²) in [7, 11) is 0. The molecule has 3 N–H and O–H groups in total. The normalized spacial score (nSPS) is 25.8. The minimum absolute atomic E-state index is 0. The Morgan fingerprint density at radius 1 is 1.15 bits per heavy atom. The van der Waals surface area contributed by atoms with Crippen LogP contribution in [0, 0.1) is 11.8 Å². The van der Waals surface area contributed by atoms with E-state index in [0.29, 0.717) is 12.3 Å². The lowest BCUT2D eigenvalue weighted by Gasteiger charge is -2.30. The average molecular weight is 402 g/mol. The van der Waals surface area contributed by atoms with E-state index >= 15 is 0 Å². The second kappa shape index (κ2) is 11.1. The van der Waals surface area contributed by atoms with E-state index in [9.17, 15) is 4.79 Å². The van der Waals surface area contributed by atoms with Gasteiger partial charge in [-0.05, 0) is 61.8 Å². The number of halogens is 2. The number of nitrogens with zero attached hydrogens (tertiary/aromatic N) is 1. The predicted octanol–water partition coefficient (Wildman–Crippen LogP) is 4.22. The molecule has 1 unspecified atom stereocenters. The van der Waals surface area contributed by atoms with Crippen LogP contribution in [0.2, 0.25) is 0 Å². The van der Waals surface area contributed by atoms with Crippen molar-refractivity contribution in [3.63, 3.8) is 0 Å². The number of hydrogen-bond acceptors (Lipinski definition) is 3. The molecule has 26 heavy (non-hydrogen) atoms. The van der Waals surface area contributed by atoms with Gasteiger partial charge in [-0.25, -0.2) is 0 Å². The van der Waals surface area contributed by atoms with E-state index < -0.39 is 0 Å². The fourth-order valence-electron chi connectivity index (χ4n) is 4.15. The van der Waals surface area contributed by atoms with Gasteiger partial charge in [-0.1, -0.05) is 25.5 Å². The number of amides is 1. The Kier molecular flexibility index (Phi) is 9.94. The highest BCUT2D eigenvalue weighted by Gasteiger charge is 2.26. The summed E-state index contributed by atoms with van der Waals surface area (Å²) in [6, 6.07) is 8.52. The Balaban J connectivity index is 0.00000169. The third-order valence-corrected chi connectivity index (χ3v) is 5.55. The molecule has 1 aromatic rings. The minimum Gasteiger partial charge on any atom is -0.327 e. The molecule has 2 fully saturated rings. The first-order valence-corrected chi connectivity index (χ1v) is 9.47. The maximum atomic E-state index is 12.2. The van der Waals surface area contributed by atoms with E-state index in [0.717, 1.165) is 37.4 Å². The predicted molar refractivity (Wildman–Crippen MR) is 113 cm³/mol. The lowest BCUT2D eigenvalue weighted by atomic mass is 9.99. The Labute approximate surface area is 170 Å². The highest BCUT2D eigenvalue weighted by atomic mass is 35.5. The first-order valence-electron chi connectivity index (χ1n) is 9.47. The van der Waals surface area contributed by atoms with E-state index in [1.54, 1.807) is 0 Å². The first kappa shape index (κ1) is 23.2. The lowest BCUT2D eigenvalue weighted by Crippen LogP contribution is -2.33. The van der Waals surface area contributed by atoms with E-state index in [1.807, 2.05) is 12.1 Å². The topological polar surface area (TPSA) is 58.4 Å². The molecule has 1 aliphatic heterocycles. The lowest BCUT2D eigenvalue weighted by molar-refractivity contribution is -0.117. The van der Waals surface area contributed by atoms with Crippen LogP contribution in [-0.4, -0.2) is 29.9 Å². The fraction of sp³-hybridized carbons (Fsp3) is 0.650. The molecule has 3 rings (SSSR count). The van der Waals surface area contributed by atoms with Crippen molar-refractivity contribution in [1.82, 2.24) is 4.90 Å². The smallest absolute Gasteiger partial charge is 0.224 e. The third kappa shape index (κ3) is 6.73. The van der Waals surface area contributed by atoms with Gasteiger partial charge in [0.05, 0.1) is 0 Å². The quantitative estimate of drug-likeness (QED) is 0.776. The molecule has 0 radical (unpaired) electrons. The highest BCUT2D eigenvalue weighted by molar-refractivity contribution is 5.90. The standard InChI is InChI=1S/C20H31N3O.2ClH/c1-15-4-3-11-23(13-15)14-16-7-9-18(10-8-16)22-20(24)12-17-5-2-6-19(17)21;;/h7-10,15,17,19H,2-6,11-14,21H2,1H3,(H,22,24);2*1H/t15?,17-,19+;;/m0../s1. The number of carbonyl (C=O) groups excluding carboxylic acids is 1. The Hall–Kier alpha value is -0.810. The molecule has 1 saturated heterocycles. The van der Waals surface area contributed by atoms with E-state index in [-0.39, 0.29) is 36.8 Å².